The SMILES string of the molecule is CN=C(C)N/C=C(\C)C(C)=O. The Morgan fingerprint density at radius 3 is 2.27 bits per heavy atom. The minimum Gasteiger partial charge on any atom is -0.350 e. The average molecular weight is 154 g/mol. The second-order valence-electron chi connectivity index (χ2n) is 2.34. The molecule has 11 heavy (non-hydrogen) atoms. The molecule has 0 aliphatic carbocycles. The molecule has 0 aliphatic heterocycles. The number of hydrogen-bond donors (Lipinski definition) is 1. The Balaban J connectivity index is 4.03. The topological polar surface area (TPSA) is 41.5 Å². The Morgan fingerprint density at radius 2 is 1.91 bits per heavy atom. The Kier molecular flexibility index (Phi) is 4.18. The molecule has 0 aromatic carbocycles. The number of rotatable bonds is 2. The van der Waals surface area contributed by atoms with Crippen molar-refractivity contribution < 1.29 is 4.79 Å². The summed E-state index contributed by atoms with van der Waals surface area (Å²) in [6.07, 6.45) is 1.66. The predicted molar refractivity (Wildman–Crippen MR) is 46.6 cm³/mol. The van der Waals surface area contributed by atoms with Crippen LogP contribution in [0.2, 0.25) is 0 Å². The van der Waals surface area contributed by atoms with Crippen molar-refractivity contribution in [3.8, 4) is 0 Å². The fraction of sp³-hybridized carbons (Fsp3) is 0.500. The van der Waals surface area contributed by atoms with E-state index < -0.39 is 0 Å². The van der Waals surface area contributed by atoms with Gasteiger partial charge in [-0.25, -0.2) is 0 Å². The van der Waals surface area contributed by atoms with Crippen molar-refractivity contribution in [2.45, 2.75) is 20.8 Å². The summed E-state index contributed by atoms with van der Waals surface area (Å²) in [6.45, 7) is 5.13. The minimum atomic E-state index is 0.0707. The number of hydrogen-bond acceptors (Lipinski definition) is 2. The van der Waals surface area contributed by atoms with Crippen molar-refractivity contribution >= 4 is 11.6 Å². The fourth-order valence-electron chi connectivity index (χ4n) is 0.379. The Bertz CT molecular complexity index is 204. The number of ketones is 1. The maximum atomic E-state index is 10.7. The quantitative estimate of drug-likeness (QED) is 0.368. The molecule has 0 bridgehead atoms. The third-order valence-corrected chi connectivity index (χ3v) is 1.39. The third-order valence-electron chi connectivity index (χ3n) is 1.39. The predicted octanol–water partition coefficient (Wildman–Crippen LogP) is 1.12. The number of allylic oxidation sites excluding steroid dienone is 1. The first kappa shape index (κ1) is 9.88. The molecule has 0 aliphatic rings. The molecule has 0 atom stereocenters. The first-order valence-corrected chi connectivity index (χ1v) is 3.45. The van der Waals surface area contributed by atoms with Crippen LogP contribution in [0, 0.1) is 0 Å². The van der Waals surface area contributed by atoms with Crippen LogP contribution in [0.15, 0.2) is 16.8 Å². The lowest BCUT2D eigenvalue weighted by Gasteiger charge is -1.98. The maximum Gasteiger partial charge on any atom is 0.156 e. The zero-order valence-electron chi connectivity index (χ0n) is 7.43. The molecule has 0 fully saturated rings. The zero-order chi connectivity index (χ0) is 8.85. The first-order valence-electron chi connectivity index (χ1n) is 3.45. The summed E-state index contributed by atoms with van der Waals surface area (Å²) in [4.78, 5) is 14.6. The number of carbonyl (C=O) groups excluding carboxylic acids is 1. The highest BCUT2D eigenvalue weighted by atomic mass is 16.1. The molecule has 1 N–H and O–H groups in total. The van der Waals surface area contributed by atoms with Crippen LogP contribution < -0.4 is 5.32 Å². The van der Waals surface area contributed by atoms with E-state index in [2.05, 4.69) is 10.3 Å². The van der Waals surface area contributed by atoms with E-state index in [1.54, 1.807) is 20.2 Å². The van der Waals surface area contributed by atoms with Crippen molar-refractivity contribution in [2.75, 3.05) is 7.05 Å². The lowest BCUT2D eigenvalue weighted by atomic mass is 10.2. The van der Waals surface area contributed by atoms with Crippen LogP contribution in [-0.2, 0) is 4.79 Å². The lowest BCUT2D eigenvalue weighted by molar-refractivity contribution is -0.113. The Hall–Kier alpha value is -1.12. The Morgan fingerprint density at radius 1 is 1.36 bits per heavy atom. The monoisotopic (exact) mass is 154 g/mol. The van der Waals surface area contributed by atoms with Gasteiger partial charge in [0.15, 0.2) is 5.78 Å². The van der Waals surface area contributed by atoms with Gasteiger partial charge in [0, 0.05) is 18.8 Å². The van der Waals surface area contributed by atoms with Gasteiger partial charge in [-0.15, -0.1) is 0 Å². The van der Waals surface area contributed by atoms with Crippen molar-refractivity contribution in [1.82, 2.24) is 5.32 Å². The number of nitrogens with zero attached hydrogens (tertiary/aromatic N) is 1. The van der Waals surface area contributed by atoms with Crippen molar-refractivity contribution in [3.63, 3.8) is 0 Å². The molecule has 62 valence electrons. The molecule has 3 nitrogen and oxygen atoms in total. The summed E-state index contributed by atoms with van der Waals surface area (Å²) < 4.78 is 0. The molecule has 0 aromatic rings. The van der Waals surface area contributed by atoms with Crippen LogP contribution in [0.25, 0.3) is 0 Å². The smallest absolute Gasteiger partial charge is 0.156 e. The van der Waals surface area contributed by atoms with Gasteiger partial charge in [-0.05, 0) is 20.8 Å². The minimum absolute atomic E-state index is 0.0707. The molecular formula is C8H14N2O. The van der Waals surface area contributed by atoms with Crippen LogP contribution in [-0.4, -0.2) is 18.7 Å². The number of Topliss-reactive ketones (excluding diaryl/α,β-unsaturated/α-hetero) is 1. The molecule has 0 aromatic heterocycles. The van der Waals surface area contributed by atoms with E-state index in [1.807, 2.05) is 6.92 Å². The maximum absolute atomic E-state index is 10.7. The second kappa shape index (κ2) is 4.66. The van der Waals surface area contributed by atoms with E-state index in [9.17, 15) is 4.79 Å². The first-order chi connectivity index (χ1) is 5.07. The van der Waals surface area contributed by atoms with Gasteiger partial charge in [-0.1, -0.05) is 0 Å². The fourth-order valence-corrected chi connectivity index (χ4v) is 0.379. The van der Waals surface area contributed by atoms with E-state index >= 15 is 0 Å². The summed E-state index contributed by atoms with van der Waals surface area (Å²) >= 11 is 0. The molecular weight excluding hydrogens is 140 g/mol. The normalized spacial score (nSPS) is 13.1. The molecule has 0 radical (unpaired) electrons. The van der Waals surface area contributed by atoms with Crippen LogP contribution >= 0.6 is 0 Å². The van der Waals surface area contributed by atoms with Crippen molar-refractivity contribution in [2.24, 2.45) is 4.99 Å². The summed E-state index contributed by atoms with van der Waals surface area (Å²) in [5.41, 5.74) is 0.702. The Labute approximate surface area is 67.2 Å². The van der Waals surface area contributed by atoms with E-state index in [4.69, 9.17) is 0 Å². The van der Waals surface area contributed by atoms with Gasteiger partial charge in [0.2, 0.25) is 0 Å². The highest BCUT2D eigenvalue weighted by Gasteiger charge is 1.93. The van der Waals surface area contributed by atoms with Gasteiger partial charge in [-0.2, -0.15) is 0 Å². The van der Waals surface area contributed by atoms with Gasteiger partial charge in [-0.3, -0.25) is 9.79 Å². The van der Waals surface area contributed by atoms with E-state index in [0.717, 1.165) is 5.84 Å². The zero-order valence-corrected chi connectivity index (χ0v) is 7.43. The standard InChI is InChI=1S/C8H14N2O/c1-6(7(2)11)5-10-8(3)9-4/h5H,1-4H3,(H,9,10)/b6-5+. The second-order valence-corrected chi connectivity index (χ2v) is 2.34. The van der Waals surface area contributed by atoms with Gasteiger partial charge in [0.25, 0.3) is 0 Å². The highest BCUT2D eigenvalue weighted by molar-refractivity contribution is 5.93. The molecule has 0 unspecified atom stereocenters. The molecule has 0 amide bonds. The number of aliphatic imine (C=N–C) groups is 1. The molecule has 0 spiro atoms. The van der Waals surface area contributed by atoms with Gasteiger partial charge in [0.05, 0.1) is 5.84 Å². The number of nitrogens with one attached hydrogen (secondary N) is 1. The number of carbonyl (C=O) groups is 1. The molecule has 3 heteroatoms. The van der Waals surface area contributed by atoms with Gasteiger partial charge in [0.1, 0.15) is 0 Å². The van der Waals surface area contributed by atoms with Gasteiger partial charge < -0.3 is 5.32 Å². The van der Waals surface area contributed by atoms with Crippen LogP contribution in [0.4, 0.5) is 0 Å². The van der Waals surface area contributed by atoms with Crippen LogP contribution in [0.1, 0.15) is 20.8 Å². The summed E-state index contributed by atoms with van der Waals surface area (Å²) in [5.74, 6) is 0.868. The van der Waals surface area contributed by atoms with E-state index in [1.165, 1.54) is 6.92 Å². The number of amidine groups is 1. The summed E-state index contributed by atoms with van der Waals surface area (Å²) in [7, 11) is 1.69. The highest BCUT2D eigenvalue weighted by Crippen LogP contribution is 1.90. The average Bonchev–Trinajstić information content (AvgIpc) is 1.99. The van der Waals surface area contributed by atoms with E-state index in [-0.39, 0.29) is 5.78 Å². The largest absolute Gasteiger partial charge is 0.350 e. The molecule has 0 rings (SSSR count). The van der Waals surface area contributed by atoms with Crippen LogP contribution in [0.5, 0.6) is 0 Å². The third kappa shape index (κ3) is 4.31. The summed E-state index contributed by atoms with van der Waals surface area (Å²) in [6, 6.07) is 0. The van der Waals surface area contributed by atoms with Crippen LogP contribution in [0.3, 0.4) is 0 Å². The van der Waals surface area contributed by atoms with Gasteiger partial charge >= 0.3 is 0 Å². The van der Waals surface area contributed by atoms with Crippen molar-refractivity contribution in [1.29, 1.82) is 0 Å². The molecule has 0 heterocycles. The van der Waals surface area contributed by atoms with Crippen molar-refractivity contribution in [3.05, 3.63) is 11.8 Å². The van der Waals surface area contributed by atoms with E-state index in [0.29, 0.717) is 5.57 Å². The lowest BCUT2D eigenvalue weighted by Crippen LogP contribution is -2.14. The molecule has 0 saturated carbocycles. The molecule has 0 saturated heterocycles. The summed E-state index contributed by atoms with van der Waals surface area (Å²) in [5, 5.41) is 2.88.